The van der Waals surface area contributed by atoms with Gasteiger partial charge in [-0.2, -0.15) is 0 Å². The standard InChI is InChI=1S/C35H47NO5/c1-4-6-10-19-30(37)23-29(22-27-17-13-9-14-18-27)34(40)36-31(20-7-5-2)32(38)24-28(33(39)35(3)25-41-35)21-26-15-11-8-12-16-26/h8-9,11-18,28-29,31H,4-7,10,19-25H2,1-3H3,(H,36,40)/t28-,29-,31+,35-/m1/s1. The van der Waals surface area contributed by atoms with Gasteiger partial charge in [-0.1, -0.05) is 100 Å². The van der Waals surface area contributed by atoms with E-state index in [-0.39, 0.29) is 36.1 Å². The van der Waals surface area contributed by atoms with Gasteiger partial charge in [0.25, 0.3) is 0 Å². The molecule has 3 rings (SSSR count). The number of ether oxygens (including phenoxy) is 1. The molecule has 2 aromatic carbocycles. The maximum absolute atomic E-state index is 13.7. The summed E-state index contributed by atoms with van der Waals surface area (Å²) in [5, 5.41) is 3.02. The highest BCUT2D eigenvalue weighted by atomic mass is 16.6. The van der Waals surface area contributed by atoms with Crippen molar-refractivity contribution in [1.82, 2.24) is 5.32 Å². The third kappa shape index (κ3) is 10.7. The Kier molecular flexibility index (Phi) is 12.9. The smallest absolute Gasteiger partial charge is 0.224 e. The summed E-state index contributed by atoms with van der Waals surface area (Å²) in [6.45, 7) is 6.29. The van der Waals surface area contributed by atoms with E-state index in [4.69, 9.17) is 4.74 Å². The van der Waals surface area contributed by atoms with Crippen molar-refractivity contribution >= 4 is 23.3 Å². The molecule has 1 N–H and O–H groups in total. The second-order valence-corrected chi connectivity index (χ2v) is 11.7. The van der Waals surface area contributed by atoms with E-state index < -0.39 is 23.5 Å². The molecule has 1 saturated heterocycles. The van der Waals surface area contributed by atoms with Gasteiger partial charge in [-0.3, -0.25) is 19.2 Å². The number of ketones is 3. The second kappa shape index (κ2) is 16.4. The molecule has 1 fully saturated rings. The van der Waals surface area contributed by atoms with Gasteiger partial charge in [0, 0.05) is 31.1 Å². The molecule has 0 unspecified atom stereocenters. The predicted molar refractivity (Wildman–Crippen MR) is 161 cm³/mol. The Morgan fingerprint density at radius 3 is 1.90 bits per heavy atom. The van der Waals surface area contributed by atoms with Crippen LogP contribution >= 0.6 is 0 Å². The van der Waals surface area contributed by atoms with Crippen LogP contribution in [0.15, 0.2) is 60.7 Å². The predicted octanol–water partition coefficient (Wildman–Crippen LogP) is 6.24. The molecule has 6 heteroatoms. The maximum Gasteiger partial charge on any atom is 0.224 e. The van der Waals surface area contributed by atoms with E-state index in [1.807, 2.05) is 67.6 Å². The topological polar surface area (TPSA) is 92.8 Å². The molecule has 2 aromatic rings. The summed E-state index contributed by atoms with van der Waals surface area (Å²) in [6, 6.07) is 18.7. The summed E-state index contributed by atoms with van der Waals surface area (Å²) in [5.74, 6) is -1.47. The van der Waals surface area contributed by atoms with E-state index in [1.165, 1.54) is 0 Å². The molecule has 1 aliphatic heterocycles. The first-order valence-electron chi connectivity index (χ1n) is 15.4. The molecule has 0 aliphatic carbocycles. The first-order valence-corrected chi connectivity index (χ1v) is 15.4. The number of nitrogens with one attached hydrogen (secondary N) is 1. The Hall–Kier alpha value is -3.12. The molecule has 1 heterocycles. The minimum Gasteiger partial charge on any atom is -0.362 e. The fourth-order valence-electron chi connectivity index (χ4n) is 5.34. The normalized spacial score (nSPS) is 18.2. The lowest BCUT2D eigenvalue weighted by molar-refractivity contribution is -0.134. The summed E-state index contributed by atoms with van der Waals surface area (Å²) < 4.78 is 5.45. The quantitative estimate of drug-likeness (QED) is 0.153. The number of benzene rings is 2. The summed E-state index contributed by atoms with van der Waals surface area (Å²) in [5.41, 5.74) is 1.14. The SMILES string of the molecule is CCCCCC(=O)C[C@@H](Cc1ccccc1)C(=O)N[C@@H](CCCC)C(=O)C[C@@H](Cc1ccccc1)C(=O)[C@@]1(C)CO1. The van der Waals surface area contributed by atoms with Crippen LogP contribution in [0.1, 0.15) is 89.7 Å². The van der Waals surface area contributed by atoms with Crippen molar-refractivity contribution in [3.8, 4) is 0 Å². The van der Waals surface area contributed by atoms with Crippen molar-refractivity contribution in [2.75, 3.05) is 6.61 Å². The summed E-state index contributed by atoms with van der Waals surface area (Å²) in [7, 11) is 0. The average Bonchev–Trinajstić information content (AvgIpc) is 3.73. The number of hydrogen-bond acceptors (Lipinski definition) is 5. The number of unbranched alkanes of at least 4 members (excludes halogenated alkanes) is 3. The van der Waals surface area contributed by atoms with Crippen LogP contribution in [0.25, 0.3) is 0 Å². The van der Waals surface area contributed by atoms with Crippen LogP contribution in [0, 0.1) is 11.8 Å². The monoisotopic (exact) mass is 561 g/mol. The third-order valence-electron chi connectivity index (χ3n) is 8.02. The summed E-state index contributed by atoms with van der Waals surface area (Å²) in [6.07, 6.45) is 6.54. The van der Waals surface area contributed by atoms with Crippen molar-refractivity contribution in [3.05, 3.63) is 71.8 Å². The van der Waals surface area contributed by atoms with Gasteiger partial charge < -0.3 is 10.1 Å². The Labute approximate surface area is 245 Å². The molecule has 0 bridgehead atoms. The highest BCUT2D eigenvalue weighted by molar-refractivity contribution is 5.97. The van der Waals surface area contributed by atoms with Crippen molar-refractivity contribution in [2.24, 2.45) is 11.8 Å². The van der Waals surface area contributed by atoms with Crippen LogP contribution in [0.3, 0.4) is 0 Å². The van der Waals surface area contributed by atoms with Gasteiger partial charge in [-0.25, -0.2) is 0 Å². The van der Waals surface area contributed by atoms with Gasteiger partial charge in [0.15, 0.2) is 11.6 Å². The molecule has 0 saturated carbocycles. The summed E-state index contributed by atoms with van der Waals surface area (Å²) >= 11 is 0. The lowest BCUT2D eigenvalue weighted by Crippen LogP contribution is -2.46. The minimum atomic E-state index is -0.833. The molecule has 0 aromatic heterocycles. The van der Waals surface area contributed by atoms with Crippen LogP contribution in [0.5, 0.6) is 0 Å². The fraction of sp³-hybridized carbons (Fsp3) is 0.543. The fourth-order valence-corrected chi connectivity index (χ4v) is 5.34. The van der Waals surface area contributed by atoms with Crippen molar-refractivity contribution in [1.29, 1.82) is 0 Å². The maximum atomic E-state index is 13.7. The molecule has 0 spiro atoms. The van der Waals surface area contributed by atoms with Gasteiger partial charge in [0.2, 0.25) is 5.91 Å². The first kappa shape index (κ1) is 32.4. The zero-order valence-electron chi connectivity index (χ0n) is 25.0. The molecule has 41 heavy (non-hydrogen) atoms. The second-order valence-electron chi connectivity index (χ2n) is 11.7. The molecule has 0 radical (unpaired) electrons. The molecule has 1 aliphatic rings. The van der Waals surface area contributed by atoms with Crippen LogP contribution in [-0.4, -0.2) is 41.5 Å². The van der Waals surface area contributed by atoms with Crippen LogP contribution in [0.4, 0.5) is 0 Å². The number of Topliss-reactive ketones (excluding diaryl/α,β-unsaturated/α-hetero) is 3. The van der Waals surface area contributed by atoms with Crippen molar-refractivity contribution in [3.63, 3.8) is 0 Å². The van der Waals surface area contributed by atoms with Gasteiger partial charge in [0.05, 0.1) is 12.6 Å². The van der Waals surface area contributed by atoms with E-state index in [0.29, 0.717) is 32.3 Å². The lowest BCUT2D eigenvalue weighted by atomic mass is 9.83. The zero-order valence-corrected chi connectivity index (χ0v) is 25.0. The van der Waals surface area contributed by atoms with E-state index in [9.17, 15) is 19.2 Å². The number of amides is 1. The van der Waals surface area contributed by atoms with E-state index in [2.05, 4.69) is 12.2 Å². The van der Waals surface area contributed by atoms with Crippen LogP contribution in [0.2, 0.25) is 0 Å². The van der Waals surface area contributed by atoms with Gasteiger partial charge in [0.1, 0.15) is 11.4 Å². The number of rotatable bonds is 20. The van der Waals surface area contributed by atoms with Gasteiger partial charge in [-0.15, -0.1) is 0 Å². The Bertz CT molecular complexity index is 1130. The van der Waals surface area contributed by atoms with Crippen molar-refractivity contribution < 1.29 is 23.9 Å². The average molecular weight is 562 g/mol. The van der Waals surface area contributed by atoms with Crippen LogP contribution < -0.4 is 5.32 Å². The highest BCUT2D eigenvalue weighted by Gasteiger charge is 2.50. The number of epoxide rings is 1. The van der Waals surface area contributed by atoms with Gasteiger partial charge in [-0.05, 0) is 43.7 Å². The summed E-state index contributed by atoms with van der Waals surface area (Å²) in [4.78, 5) is 53.6. The molecule has 1 amide bonds. The number of carbonyl (C=O) groups excluding carboxylic acids is 4. The molecule has 4 atom stereocenters. The first-order chi connectivity index (χ1) is 19.8. The molecule has 222 valence electrons. The number of carbonyl (C=O) groups is 4. The molecular weight excluding hydrogens is 514 g/mol. The Morgan fingerprint density at radius 2 is 1.37 bits per heavy atom. The minimum absolute atomic E-state index is 0.0423. The Balaban J connectivity index is 1.75. The molecular formula is C35H47NO5. The highest BCUT2D eigenvalue weighted by Crippen LogP contribution is 2.33. The van der Waals surface area contributed by atoms with Gasteiger partial charge >= 0.3 is 0 Å². The zero-order chi connectivity index (χ0) is 29.7. The van der Waals surface area contributed by atoms with Crippen LogP contribution in [-0.2, 0) is 36.8 Å². The lowest BCUT2D eigenvalue weighted by Gasteiger charge is -2.24. The largest absolute Gasteiger partial charge is 0.362 e. The number of hydrogen-bond donors (Lipinski definition) is 1. The third-order valence-corrected chi connectivity index (χ3v) is 8.02. The Morgan fingerprint density at radius 1 is 0.805 bits per heavy atom. The molecule has 6 nitrogen and oxygen atoms in total. The van der Waals surface area contributed by atoms with E-state index in [0.717, 1.165) is 43.2 Å². The van der Waals surface area contributed by atoms with E-state index in [1.54, 1.807) is 6.92 Å². The van der Waals surface area contributed by atoms with Crippen molar-refractivity contribution in [2.45, 2.75) is 103 Å². The van der Waals surface area contributed by atoms with E-state index >= 15 is 0 Å².